The molecular formula is C16H22F5NO2S. The Morgan fingerprint density at radius 1 is 1.04 bits per heavy atom. The fraction of sp³-hybridized carbons (Fsp3) is 0.562. The maximum atomic E-state index is 13.4. The molecular weight excluding hydrogens is 365 g/mol. The van der Waals surface area contributed by atoms with E-state index in [0.29, 0.717) is 24.7 Å². The van der Waals surface area contributed by atoms with Gasteiger partial charge in [0.1, 0.15) is 11.2 Å². The lowest BCUT2D eigenvalue weighted by molar-refractivity contribution is -0.110. The van der Waals surface area contributed by atoms with Crippen LogP contribution >= 0.6 is 11.9 Å². The van der Waals surface area contributed by atoms with E-state index in [1.807, 2.05) is 20.8 Å². The van der Waals surface area contributed by atoms with Gasteiger partial charge >= 0.3 is 0 Å². The van der Waals surface area contributed by atoms with Gasteiger partial charge in [0.05, 0.1) is 11.6 Å². The second-order valence-electron chi connectivity index (χ2n) is 5.96. The lowest BCUT2D eigenvalue weighted by Crippen LogP contribution is -2.26. The molecule has 0 spiro atoms. The maximum Gasteiger partial charge on any atom is 0.200 e. The summed E-state index contributed by atoms with van der Waals surface area (Å²) >= 11 is 0.297. The molecule has 0 radical (unpaired) electrons. The predicted molar refractivity (Wildman–Crippen MR) is 86.8 cm³/mol. The summed E-state index contributed by atoms with van der Waals surface area (Å²) in [5.41, 5.74) is 0.0417. The Kier molecular flexibility index (Phi) is 9.60. The molecule has 144 valence electrons. The minimum Gasteiger partial charge on any atom is -0.379 e. The zero-order valence-corrected chi connectivity index (χ0v) is 15.7. The molecule has 1 rings (SSSR count). The van der Waals surface area contributed by atoms with E-state index in [1.54, 1.807) is 14.0 Å². The van der Waals surface area contributed by atoms with E-state index >= 15 is 0 Å². The van der Waals surface area contributed by atoms with Gasteiger partial charge in [-0.3, -0.25) is 0 Å². The summed E-state index contributed by atoms with van der Waals surface area (Å²) in [7, 11) is 3.03. The molecule has 25 heavy (non-hydrogen) atoms. The third kappa shape index (κ3) is 6.91. The smallest absolute Gasteiger partial charge is 0.200 e. The molecule has 0 aliphatic heterocycles. The lowest BCUT2D eigenvalue weighted by Gasteiger charge is -2.21. The SMILES string of the molecule is CCC(C=O)N(C)Sc1c(F)c(F)c(F)c(F)c1F.COC(C)(C)C. The average Bonchev–Trinajstić information content (AvgIpc) is 2.56. The fourth-order valence-corrected chi connectivity index (χ4v) is 2.28. The first-order valence-electron chi connectivity index (χ1n) is 7.33. The number of carbonyl (C=O) groups excluding carboxylic acids is 1. The van der Waals surface area contributed by atoms with Crippen LogP contribution in [0.25, 0.3) is 0 Å². The highest BCUT2D eigenvalue weighted by Gasteiger charge is 2.28. The van der Waals surface area contributed by atoms with Crippen molar-refractivity contribution in [3.8, 4) is 0 Å². The first kappa shape index (κ1) is 23.8. The van der Waals surface area contributed by atoms with Crippen molar-refractivity contribution < 1.29 is 31.5 Å². The van der Waals surface area contributed by atoms with Crippen molar-refractivity contribution >= 4 is 18.2 Å². The summed E-state index contributed by atoms with van der Waals surface area (Å²) in [5.74, 6) is -10.0. The minimum atomic E-state index is -2.20. The Morgan fingerprint density at radius 3 is 1.68 bits per heavy atom. The second-order valence-corrected chi connectivity index (χ2v) is 7.13. The van der Waals surface area contributed by atoms with E-state index in [1.165, 1.54) is 7.05 Å². The summed E-state index contributed by atoms with van der Waals surface area (Å²) in [6.45, 7) is 7.71. The molecule has 0 bridgehead atoms. The molecule has 0 aliphatic rings. The number of likely N-dealkylation sites (N-methyl/N-ethyl adjacent to an activating group) is 1. The van der Waals surface area contributed by atoms with Gasteiger partial charge in [-0.1, -0.05) is 6.92 Å². The molecule has 9 heteroatoms. The number of aldehydes is 1. The largest absolute Gasteiger partial charge is 0.379 e. The zero-order valence-electron chi connectivity index (χ0n) is 14.9. The van der Waals surface area contributed by atoms with E-state index in [0.717, 1.165) is 4.31 Å². The Hall–Kier alpha value is -1.19. The molecule has 0 aromatic heterocycles. The molecule has 0 aliphatic carbocycles. The van der Waals surface area contributed by atoms with Crippen LogP contribution in [0.5, 0.6) is 0 Å². The van der Waals surface area contributed by atoms with Crippen LogP contribution in [0.15, 0.2) is 4.90 Å². The van der Waals surface area contributed by atoms with Crippen molar-refractivity contribution in [3.05, 3.63) is 29.1 Å². The van der Waals surface area contributed by atoms with Gasteiger partial charge in [-0.15, -0.1) is 0 Å². The first-order valence-corrected chi connectivity index (χ1v) is 8.11. The van der Waals surface area contributed by atoms with Crippen molar-refractivity contribution in [3.63, 3.8) is 0 Å². The number of nitrogens with zero attached hydrogens (tertiary/aromatic N) is 1. The quantitative estimate of drug-likeness (QED) is 0.240. The molecule has 0 heterocycles. The number of methoxy groups -OCH3 is 1. The second kappa shape index (κ2) is 10.1. The van der Waals surface area contributed by atoms with E-state index in [-0.39, 0.29) is 5.60 Å². The topological polar surface area (TPSA) is 29.5 Å². The van der Waals surface area contributed by atoms with Crippen LogP contribution in [0.1, 0.15) is 34.1 Å². The van der Waals surface area contributed by atoms with Crippen molar-refractivity contribution in [2.24, 2.45) is 0 Å². The summed E-state index contributed by atoms with van der Waals surface area (Å²) < 4.78 is 71.6. The van der Waals surface area contributed by atoms with Crippen molar-refractivity contribution in [1.29, 1.82) is 0 Å². The van der Waals surface area contributed by atoms with Gasteiger partial charge in [0.25, 0.3) is 0 Å². The van der Waals surface area contributed by atoms with Crippen molar-refractivity contribution in [2.45, 2.75) is 50.7 Å². The van der Waals surface area contributed by atoms with Crippen LogP contribution in [0, 0.1) is 29.1 Å². The molecule has 0 saturated heterocycles. The molecule has 0 amide bonds. The van der Waals surface area contributed by atoms with Gasteiger partial charge in [-0.05, 0) is 46.2 Å². The van der Waals surface area contributed by atoms with Gasteiger partial charge < -0.3 is 9.53 Å². The van der Waals surface area contributed by atoms with E-state index in [2.05, 4.69) is 0 Å². The number of hydrogen-bond acceptors (Lipinski definition) is 4. The first-order chi connectivity index (χ1) is 11.4. The molecule has 0 saturated carbocycles. The summed E-state index contributed by atoms with van der Waals surface area (Å²) in [5, 5.41) is 0. The van der Waals surface area contributed by atoms with Gasteiger partial charge in [-0.2, -0.15) is 0 Å². The van der Waals surface area contributed by atoms with Crippen LogP contribution < -0.4 is 0 Å². The minimum absolute atomic E-state index is 0.0417. The van der Waals surface area contributed by atoms with Gasteiger partial charge in [0, 0.05) is 7.11 Å². The summed E-state index contributed by atoms with van der Waals surface area (Å²) in [4.78, 5) is 9.65. The predicted octanol–water partition coefficient (Wildman–Crippen LogP) is 4.73. The molecule has 1 aromatic rings. The molecule has 1 aromatic carbocycles. The van der Waals surface area contributed by atoms with E-state index < -0.39 is 40.0 Å². The number of carbonyl (C=O) groups is 1. The zero-order chi connectivity index (χ0) is 19.9. The Bertz CT molecular complexity index is 564. The molecule has 1 unspecified atom stereocenters. The highest BCUT2D eigenvalue weighted by atomic mass is 32.2. The maximum absolute atomic E-state index is 13.4. The monoisotopic (exact) mass is 387 g/mol. The third-order valence-corrected chi connectivity index (χ3v) is 4.16. The Morgan fingerprint density at radius 2 is 1.40 bits per heavy atom. The van der Waals surface area contributed by atoms with Crippen molar-refractivity contribution in [2.75, 3.05) is 14.2 Å². The van der Waals surface area contributed by atoms with Crippen LogP contribution in [0.2, 0.25) is 0 Å². The number of benzene rings is 1. The summed E-state index contributed by atoms with van der Waals surface area (Å²) in [6, 6.07) is -0.694. The third-order valence-electron chi connectivity index (χ3n) is 3.06. The lowest BCUT2D eigenvalue weighted by atomic mass is 10.2. The number of rotatable bonds is 5. The molecule has 0 fully saturated rings. The Labute approximate surface area is 148 Å². The van der Waals surface area contributed by atoms with Gasteiger partial charge in [-0.25, -0.2) is 26.3 Å². The van der Waals surface area contributed by atoms with Gasteiger partial charge in [0.2, 0.25) is 5.82 Å². The van der Waals surface area contributed by atoms with E-state index in [4.69, 9.17) is 4.74 Å². The number of hydrogen-bond donors (Lipinski definition) is 0. The van der Waals surface area contributed by atoms with Crippen LogP contribution in [-0.4, -0.2) is 36.4 Å². The fourth-order valence-electron chi connectivity index (χ4n) is 1.32. The molecule has 0 N–H and O–H groups in total. The standard InChI is InChI=1S/C11H10F5NOS.C5H12O/c1-3-5(4-18)17(2)19-11-9(15)7(13)6(12)8(14)10(11)16;1-5(2,3)6-4/h4-5H,3H2,1-2H3;1-4H3. The number of halogens is 5. The Balaban J connectivity index is 0.000000823. The molecule has 1 atom stereocenters. The highest BCUT2D eigenvalue weighted by molar-refractivity contribution is 7.97. The highest BCUT2D eigenvalue weighted by Crippen LogP contribution is 2.33. The van der Waals surface area contributed by atoms with Crippen LogP contribution in [0.4, 0.5) is 22.0 Å². The molecule has 3 nitrogen and oxygen atoms in total. The normalized spacial score (nSPS) is 12.6. The van der Waals surface area contributed by atoms with E-state index in [9.17, 15) is 26.7 Å². The van der Waals surface area contributed by atoms with Crippen LogP contribution in [-0.2, 0) is 9.53 Å². The average molecular weight is 387 g/mol. The summed E-state index contributed by atoms with van der Waals surface area (Å²) in [6.07, 6.45) is 0.863. The van der Waals surface area contributed by atoms with Crippen molar-refractivity contribution in [1.82, 2.24) is 4.31 Å². The van der Waals surface area contributed by atoms with Gasteiger partial charge in [0.15, 0.2) is 23.3 Å². The number of ether oxygens (including phenoxy) is 1. The van der Waals surface area contributed by atoms with Crippen LogP contribution in [0.3, 0.4) is 0 Å².